The highest BCUT2D eigenvalue weighted by Gasteiger charge is 2.44. The first-order valence-corrected chi connectivity index (χ1v) is 9.68. The first kappa shape index (κ1) is 18.6. The van der Waals surface area contributed by atoms with Crippen molar-refractivity contribution in [1.29, 1.82) is 0 Å². The van der Waals surface area contributed by atoms with Gasteiger partial charge in [0.25, 0.3) is 5.91 Å². The third kappa shape index (κ3) is 2.75. The number of amides is 1. The fraction of sp³-hybridized carbons (Fsp3) is 0.130. The average molecular weight is 424 g/mol. The van der Waals surface area contributed by atoms with Gasteiger partial charge in [-0.3, -0.25) is 9.59 Å². The normalized spacial score (nSPS) is 15.8. The van der Waals surface area contributed by atoms with Crippen molar-refractivity contribution in [2.24, 2.45) is 0 Å². The van der Waals surface area contributed by atoms with E-state index in [-0.39, 0.29) is 34.4 Å². The Labute approximate surface area is 175 Å². The molecule has 1 aliphatic heterocycles. The molecule has 1 aliphatic rings. The van der Waals surface area contributed by atoms with Gasteiger partial charge in [0.15, 0.2) is 5.43 Å². The summed E-state index contributed by atoms with van der Waals surface area (Å²) in [4.78, 5) is 28.1. The van der Waals surface area contributed by atoms with E-state index in [0.29, 0.717) is 10.8 Å². The van der Waals surface area contributed by atoms with Gasteiger partial charge in [-0.2, -0.15) is 0 Å². The van der Waals surface area contributed by atoms with Gasteiger partial charge in [0.1, 0.15) is 17.2 Å². The molecule has 5 rings (SSSR count). The number of fused-ring (bicyclic) bond motifs is 2. The minimum absolute atomic E-state index is 0.0601. The Hall–Kier alpha value is -3.38. The largest absolute Gasteiger partial charge is 0.467 e. The fourth-order valence-corrected chi connectivity index (χ4v) is 4.06. The van der Waals surface area contributed by atoms with E-state index in [1.54, 1.807) is 43.3 Å². The lowest BCUT2D eigenvalue weighted by atomic mass is 9.97. The second-order valence-electron chi connectivity index (χ2n) is 7.21. The first-order valence-electron chi connectivity index (χ1n) is 9.30. The standard InChI is InChI=1S/C23H15ClFNO4/c1-12-9-18-15(10-16(12)24)21(27)19-20(14-6-2-3-7-17(14)25)26(23(28)22(19)30-18)11-13-5-4-8-29-13/h2-10,20H,11H2,1H3. The summed E-state index contributed by atoms with van der Waals surface area (Å²) >= 11 is 6.21. The van der Waals surface area contributed by atoms with Crippen molar-refractivity contribution in [3.8, 4) is 0 Å². The number of benzene rings is 2. The summed E-state index contributed by atoms with van der Waals surface area (Å²) in [7, 11) is 0. The van der Waals surface area contributed by atoms with Gasteiger partial charge < -0.3 is 13.7 Å². The van der Waals surface area contributed by atoms with Crippen LogP contribution in [0.2, 0.25) is 5.02 Å². The topological polar surface area (TPSA) is 63.7 Å². The molecule has 2 aromatic heterocycles. The van der Waals surface area contributed by atoms with E-state index in [2.05, 4.69) is 0 Å². The molecule has 0 saturated carbocycles. The Kier molecular flexibility index (Phi) is 4.25. The molecule has 0 spiro atoms. The van der Waals surface area contributed by atoms with Crippen molar-refractivity contribution in [1.82, 2.24) is 4.90 Å². The van der Waals surface area contributed by atoms with Crippen LogP contribution in [-0.4, -0.2) is 10.8 Å². The minimum atomic E-state index is -0.945. The molecular weight excluding hydrogens is 409 g/mol. The van der Waals surface area contributed by atoms with Crippen LogP contribution in [0.25, 0.3) is 11.0 Å². The van der Waals surface area contributed by atoms with Crippen LogP contribution >= 0.6 is 11.6 Å². The molecule has 0 N–H and O–H groups in total. The van der Waals surface area contributed by atoms with Gasteiger partial charge in [0.2, 0.25) is 5.76 Å². The molecule has 5 nitrogen and oxygen atoms in total. The van der Waals surface area contributed by atoms with Crippen molar-refractivity contribution in [2.75, 3.05) is 0 Å². The summed E-state index contributed by atoms with van der Waals surface area (Å²) in [5.41, 5.74) is 0.888. The average Bonchev–Trinajstić information content (AvgIpc) is 3.32. The number of halogens is 2. The second kappa shape index (κ2) is 6.85. The number of rotatable bonds is 3. The van der Waals surface area contributed by atoms with Crippen molar-refractivity contribution in [3.05, 3.63) is 104 Å². The Bertz CT molecular complexity index is 1360. The number of hydrogen-bond donors (Lipinski definition) is 0. The van der Waals surface area contributed by atoms with Crippen LogP contribution in [0.15, 0.2) is 68.4 Å². The van der Waals surface area contributed by atoms with Crippen molar-refractivity contribution in [3.63, 3.8) is 0 Å². The molecule has 0 bridgehead atoms. The van der Waals surface area contributed by atoms with Crippen LogP contribution in [0.4, 0.5) is 4.39 Å². The fourth-order valence-electron chi connectivity index (χ4n) is 3.89. The molecule has 7 heteroatoms. The molecule has 2 aromatic carbocycles. The predicted octanol–water partition coefficient (Wildman–Crippen LogP) is 5.23. The SMILES string of the molecule is Cc1cc2oc3c(c(=O)c2cc1Cl)C(c1ccccc1F)N(Cc1ccco1)C3=O. The van der Waals surface area contributed by atoms with Gasteiger partial charge in [-0.15, -0.1) is 0 Å². The summed E-state index contributed by atoms with van der Waals surface area (Å²) < 4.78 is 26.0. The summed E-state index contributed by atoms with van der Waals surface area (Å²) in [5, 5.41) is 0.660. The van der Waals surface area contributed by atoms with E-state index in [4.69, 9.17) is 20.4 Å². The van der Waals surface area contributed by atoms with Crippen LogP contribution < -0.4 is 5.43 Å². The van der Waals surface area contributed by atoms with Crippen LogP contribution in [0.1, 0.15) is 39.0 Å². The lowest BCUT2D eigenvalue weighted by Gasteiger charge is -2.24. The number of nitrogens with zero attached hydrogens (tertiary/aromatic N) is 1. The maximum Gasteiger partial charge on any atom is 0.291 e. The number of carbonyl (C=O) groups excluding carboxylic acids is 1. The Balaban J connectivity index is 1.79. The molecule has 1 amide bonds. The Morgan fingerprint density at radius 1 is 1.13 bits per heavy atom. The molecule has 0 fully saturated rings. The maximum atomic E-state index is 14.8. The molecule has 1 atom stereocenters. The quantitative estimate of drug-likeness (QED) is 0.452. The molecule has 0 radical (unpaired) electrons. The predicted molar refractivity (Wildman–Crippen MR) is 109 cm³/mol. The van der Waals surface area contributed by atoms with Gasteiger partial charge in [0, 0.05) is 10.6 Å². The van der Waals surface area contributed by atoms with E-state index in [1.165, 1.54) is 23.3 Å². The Morgan fingerprint density at radius 2 is 1.93 bits per heavy atom. The molecule has 0 aliphatic carbocycles. The number of furan rings is 1. The van der Waals surface area contributed by atoms with Crippen molar-refractivity contribution in [2.45, 2.75) is 19.5 Å². The molecule has 1 unspecified atom stereocenters. The van der Waals surface area contributed by atoms with Crippen molar-refractivity contribution < 1.29 is 18.0 Å². The van der Waals surface area contributed by atoms with Gasteiger partial charge in [0.05, 0.1) is 29.8 Å². The monoisotopic (exact) mass is 423 g/mol. The molecule has 150 valence electrons. The third-order valence-electron chi connectivity index (χ3n) is 5.35. The number of hydrogen-bond acceptors (Lipinski definition) is 4. The van der Waals surface area contributed by atoms with Gasteiger partial charge in [-0.05, 0) is 42.8 Å². The lowest BCUT2D eigenvalue weighted by molar-refractivity contribution is 0.0699. The van der Waals surface area contributed by atoms with Crippen molar-refractivity contribution >= 4 is 28.5 Å². The summed E-state index contributed by atoms with van der Waals surface area (Å²) in [6, 6.07) is 11.7. The lowest BCUT2D eigenvalue weighted by Crippen LogP contribution is -2.29. The summed E-state index contributed by atoms with van der Waals surface area (Å²) in [5.74, 6) is -0.599. The second-order valence-corrected chi connectivity index (χ2v) is 7.62. The van der Waals surface area contributed by atoms with Crippen LogP contribution in [0, 0.1) is 12.7 Å². The zero-order valence-electron chi connectivity index (χ0n) is 15.8. The van der Waals surface area contributed by atoms with E-state index in [9.17, 15) is 14.0 Å². The van der Waals surface area contributed by atoms with Crippen LogP contribution in [-0.2, 0) is 6.54 Å². The third-order valence-corrected chi connectivity index (χ3v) is 5.76. The summed E-state index contributed by atoms with van der Waals surface area (Å²) in [6.07, 6.45) is 1.49. The zero-order chi connectivity index (χ0) is 21.0. The molecule has 30 heavy (non-hydrogen) atoms. The Morgan fingerprint density at radius 3 is 2.67 bits per heavy atom. The van der Waals surface area contributed by atoms with Crippen LogP contribution in [0.5, 0.6) is 0 Å². The van der Waals surface area contributed by atoms with E-state index >= 15 is 0 Å². The van der Waals surface area contributed by atoms with Crippen LogP contribution in [0.3, 0.4) is 0 Å². The van der Waals surface area contributed by atoms with E-state index in [0.717, 1.165) is 5.56 Å². The highest BCUT2D eigenvalue weighted by atomic mass is 35.5. The highest BCUT2D eigenvalue weighted by Crippen LogP contribution is 2.40. The number of aryl methyl sites for hydroxylation is 1. The molecular formula is C23H15ClFNO4. The van der Waals surface area contributed by atoms with Gasteiger partial charge in [-0.25, -0.2) is 4.39 Å². The van der Waals surface area contributed by atoms with E-state index in [1.807, 2.05) is 0 Å². The van der Waals surface area contributed by atoms with E-state index < -0.39 is 23.2 Å². The zero-order valence-corrected chi connectivity index (χ0v) is 16.6. The minimum Gasteiger partial charge on any atom is -0.467 e. The first-order chi connectivity index (χ1) is 14.5. The smallest absolute Gasteiger partial charge is 0.291 e. The number of carbonyl (C=O) groups is 1. The molecule has 0 saturated heterocycles. The van der Waals surface area contributed by atoms with Gasteiger partial charge >= 0.3 is 0 Å². The summed E-state index contributed by atoms with van der Waals surface area (Å²) in [6.45, 7) is 1.84. The molecule has 4 aromatic rings. The maximum absolute atomic E-state index is 14.8. The molecule has 3 heterocycles. The highest BCUT2D eigenvalue weighted by molar-refractivity contribution is 6.32. The van der Waals surface area contributed by atoms with Gasteiger partial charge in [-0.1, -0.05) is 29.8 Å².